The summed E-state index contributed by atoms with van der Waals surface area (Å²) in [5, 5.41) is 5.39. The van der Waals surface area contributed by atoms with Crippen LogP contribution >= 0.6 is 11.6 Å². The average Bonchev–Trinajstić information content (AvgIpc) is 2.59. The van der Waals surface area contributed by atoms with Gasteiger partial charge in [-0.25, -0.2) is 4.39 Å². The molecule has 0 aliphatic carbocycles. The highest BCUT2D eigenvalue weighted by molar-refractivity contribution is 6.34. The van der Waals surface area contributed by atoms with E-state index in [1.54, 1.807) is 13.8 Å². The summed E-state index contributed by atoms with van der Waals surface area (Å²) in [5.74, 6) is -2.30. The highest BCUT2D eigenvalue weighted by Crippen LogP contribution is 2.21. The maximum absolute atomic E-state index is 13.0. The SMILES string of the molecule is CC(C)C(NC(=O)c1ccc(F)cc1)C(=O)Nc1ccc(C(N)=O)c(Cl)c1. The van der Waals surface area contributed by atoms with E-state index in [-0.39, 0.29) is 22.1 Å². The summed E-state index contributed by atoms with van der Waals surface area (Å²) in [5.41, 5.74) is 5.93. The summed E-state index contributed by atoms with van der Waals surface area (Å²) in [6.07, 6.45) is 0. The Morgan fingerprint density at radius 3 is 2.22 bits per heavy atom. The summed E-state index contributed by atoms with van der Waals surface area (Å²) >= 11 is 5.97. The molecule has 4 N–H and O–H groups in total. The van der Waals surface area contributed by atoms with Crippen LogP contribution in [0, 0.1) is 11.7 Å². The van der Waals surface area contributed by atoms with Gasteiger partial charge in [0, 0.05) is 11.3 Å². The molecule has 0 bridgehead atoms. The van der Waals surface area contributed by atoms with Crippen LogP contribution in [0.25, 0.3) is 0 Å². The molecule has 1 atom stereocenters. The number of benzene rings is 2. The molecule has 2 aromatic carbocycles. The quantitative estimate of drug-likeness (QED) is 0.705. The van der Waals surface area contributed by atoms with E-state index in [0.717, 1.165) is 0 Å². The van der Waals surface area contributed by atoms with Crippen LogP contribution in [0.4, 0.5) is 10.1 Å². The van der Waals surface area contributed by atoms with Crippen molar-refractivity contribution in [2.75, 3.05) is 5.32 Å². The van der Waals surface area contributed by atoms with Gasteiger partial charge in [0.1, 0.15) is 11.9 Å². The van der Waals surface area contributed by atoms with Gasteiger partial charge >= 0.3 is 0 Å². The van der Waals surface area contributed by atoms with E-state index in [9.17, 15) is 18.8 Å². The van der Waals surface area contributed by atoms with Crippen molar-refractivity contribution in [1.82, 2.24) is 5.32 Å². The summed E-state index contributed by atoms with van der Waals surface area (Å²) in [6, 6.07) is 8.47. The second-order valence-electron chi connectivity index (χ2n) is 6.25. The van der Waals surface area contributed by atoms with Crippen molar-refractivity contribution in [2.45, 2.75) is 19.9 Å². The maximum Gasteiger partial charge on any atom is 0.251 e. The number of rotatable bonds is 6. The molecule has 142 valence electrons. The number of hydrogen-bond acceptors (Lipinski definition) is 3. The van der Waals surface area contributed by atoms with E-state index in [0.29, 0.717) is 5.69 Å². The van der Waals surface area contributed by atoms with Gasteiger partial charge in [0.05, 0.1) is 10.6 Å². The lowest BCUT2D eigenvalue weighted by molar-refractivity contribution is -0.118. The summed E-state index contributed by atoms with van der Waals surface area (Å²) in [4.78, 5) is 36.1. The van der Waals surface area contributed by atoms with Gasteiger partial charge in [-0.1, -0.05) is 25.4 Å². The zero-order valence-electron chi connectivity index (χ0n) is 14.8. The highest BCUT2D eigenvalue weighted by Gasteiger charge is 2.25. The van der Waals surface area contributed by atoms with Crippen LogP contribution in [0.2, 0.25) is 5.02 Å². The first-order chi connectivity index (χ1) is 12.7. The topological polar surface area (TPSA) is 101 Å². The zero-order chi connectivity index (χ0) is 20.1. The monoisotopic (exact) mass is 391 g/mol. The molecule has 0 aliphatic heterocycles. The van der Waals surface area contributed by atoms with E-state index < -0.39 is 29.6 Å². The Morgan fingerprint density at radius 1 is 1.07 bits per heavy atom. The number of hydrogen-bond donors (Lipinski definition) is 3. The highest BCUT2D eigenvalue weighted by atomic mass is 35.5. The second-order valence-corrected chi connectivity index (χ2v) is 6.66. The van der Waals surface area contributed by atoms with Crippen LogP contribution in [0.5, 0.6) is 0 Å². The first-order valence-corrected chi connectivity index (χ1v) is 8.53. The molecule has 2 rings (SSSR count). The molecule has 3 amide bonds. The number of carbonyl (C=O) groups excluding carboxylic acids is 3. The van der Waals surface area contributed by atoms with Gasteiger partial charge < -0.3 is 16.4 Å². The minimum atomic E-state index is -0.836. The van der Waals surface area contributed by atoms with Gasteiger partial charge in [0.25, 0.3) is 5.91 Å². The fraction of sp³-hybridized carbons (Fsp3) is 0.211. The number of anilines is 1. The maximum atomic E-state index is 13.0. The fourth-order valence-electron chi connectivity index (χ4n) is 2.37. The number of nitrogens with one attached hydrogen (secondary N) is 2. The molecule has 2 aromatic rings. The predicted molar refractivity (Wildman–Crippen MR) is 101 cm³/mol. The van der Waals surface area contributed by atoms with Crippen LogP contribution in [-0.4, -0.2) is 23.8 Å². The van der Waals surface area contributed by atoms with Gasteiger partial charge in [0.15, 0.2) is 0 Å². The molecule has 6 nitrogen and oxygen atoms in total. The van der Waals surface area contributed by atoms with Crippen LogP contribution in [0.1, 0.15) is 34.6 Å². The lowest BCUT2D eigenvalue weighted by Gasteiger charge is -2.22. The molecule has 0 aromatic heterocycles. The lowest BCUT2D eigenvalue weighted by atomic mass is 10.0. The largest absolute Gasteiger partial charge is 0.366 e. The summed E-state index contributed by atoms with van der Waals surface area (Å²) in [7, 11) is 0. The number of amides is 3. The van der Waals surface area contributed by atoms with Crippen molar-refractivity contribution in [3.63, 3.8) is 0 Å². The van der Waals surface area contributed by atoms with Crippen molar-refractivity contribution in [3.8, 4) is 0 Å². The Kier molecular flexibility index (Phi) is 6.52. The molecule has 0 heterocycles. The third kappa shape index (κ3) is 5.27. The van der Waals surface area contributed by atoms with Crippen LogP contribution in [0.15, 0.2) is 42.5 Å². The first kappa shape index (κ1) is 20.4. The lowest BCUT2D eigenvalue weighted by Crippen LogP contribution is -2.47. The van der Waals surface area contributed by atoms with E-state index in [4.69, 9.17) is 17.3 Å². The third-order valence-corrected chi connectivity index (χ3v) is 4.16. The molecular formula is C19H19ClFN3O3. The van der Waals surface area contributed by atoms with Crippen molar-refractivity contribution in [2.24, 2.45) is 11.7 Å². The zero-order valence-corrected chi connectivity index (χ0v) is 15.5. The molecule has 0 aliphatic rings. The van der Waals surface area contributed by atoms with Gasteiger partial charge in [0.2, 0.25) is 11.8 Å². The molecule has 0 spiro atoms. The van der Waals surface area contributed by atoms with Crippen molar-refractivity contribution >= 4 is 35.0 Å². The minimum Gasteiger partial charge on any atom is -0.366 e. The Hall–Kier alpha value is -2.93. The second kappa shape index (κ2) is 8.64. The van der Waals surface area contributed by atoms with Crippen molar-refractivity contribution in [3.05, 3.63) is 64.4 Å². The molecule has 1 unspecified atom stereocenters. The molecule has 0 fully saturated rings. The molecule has 0 saturated carbocycles. The van der Waals surface area contributed by atoms with Gasteiger partial charge in [-0.2, -0.15) is 0 Å². The average molecular weight is 392 g/mol. The summed E-state index contributed by atoms with van der Waals surface area (Å²) in [6.45, 7) is 3.55. The van der Waals surface area contributed by atoms with E-state index in [1.165, 1.54) is 42.5 Å². The molecule has 27 heavy (non-hydrogen) atoms. The Bertz CT molecular complexity index is 869. The van der Waals surface area contributed by atoms with E-state index in [2.05, 4.69) is 10.6 Å². The van der Waals surface area contributed by atoms with E-state index >= 15 is 0 Å². The fourth-order valence-corrected chi connectivity index (χ4v) is 2.65. The van der Waals surface area contributed by atoms with Gasteiger partial charge in [-0.05, 0) is 48.4 Å². The first-order valence-electron chi connectivity index (χ1n) is 8.15. The standard InChI is InChI=1S/C19H19ClFN3O3/c1-10(2)16(24-18(26)11-3-5-12(21)6-4-11)19(27)23-13-7-8-14(17(22)25)15(20)9-13/h3-10,16H,1-2H3,(H2,22,25)(H,23,27)(H,24,26). The third-order valence-electron chi connectivity index (χ3n) is 3.84. The number of carbonyl (C=O) groups is 3. The van der Waals surface area contributed by atoms with Crippen molar-refractivity contribution < 1.29 is 18.8 Å². The van der Waals surface area contributed by atoms with Crippen LogP contribution in [-0.2, 0) is 4.79 Å². The van der Waals surface area contributed by atoms with Crippen LogP contribution in [0.3, 0.4) is 0 Å². The molecule has 0 radical (unpaired) electrons. The normalized spacial score (nSPS) is 11.7. The smallest absolute Gasteiger partial charge is 0.251 e. The summed E-state index contributed by atoms with van der Waals surface area (Å²) < 4.78 is 13.0. The van der Waals surface area contributed by atoms with Crippen LogP contribution < -0.4 is 16.4 Å². The Balaban J connectivity index is 2.13. The van der Waals surface area contributed by atoms with Gasteiger partial charge in [-0.15, -0.1) is 0 Å². The van der Waals surface area contributed by atoms with Gasteiger partial charge in [-0.3, -0.25) is 14.4 Å². The Morgan fingerprint density at radius 2 is 1.70 bits per heavy atom. The predicted octanol–water partition coefficient (Wildman–Crippen LogP) is 2.97. The number of halogens is 2. The minimum absolute atomic E-state index is 0.108. The number of primary amides is 1. The number of nitrogens with two attached hydrogens (primary N) is 1. The Labute approximate surface area is 160 Å². The molecular weight excluding hydrogens is 373 g/mol. The van der Waals surface area contributed by atoms with Crippen molar-refractivity contribution in [1.29, 1.82) is 0 Å². The van der Waals surface area contributed by atoms with E-state index in [1.807, 2.05) is 0 Å². The molecule has 8 heteroatoms. The molecule has 0 saturated heterocycles.